The van der Waals surface area contributed by atoms with Crippen molar-refractivity contribution in [2.75, 3.05) is 7.05 Å². The lowest BCUT2D eigenvalue weighted by atomic mass is 10.0. The predicted molar refractivity (Wildman–Crippen MR) is 116 cm³/mol. The van der Waals surface area contributed by atoms with Gasteiger partial charge in [-0.05, 0) is 40.6 Å². The maximum absolute atomic E-state index is 12.6. The Hall–Kier alpha value is -2.96. The molecule has 0 unspecified atom stereocenters. The molecule has 4 nitrogen and oxygen atoms in total. The molecular weight excluding hydrogens is 390 g/mol. The van der Waals surface area contributed by atoms with Crippen LogP contribution in [0.1, 0.15) is 15.9 Å². The molecule has 1 aliphatic heterocycles. The average Bonchev–Trinajstić information content (AvgIpc) is 2.95. The molecule has 0 spiro atoms. The third-order valence-corrected chi connectivity index (χ3v) is 5.87. The van der Waals surface area contributed by atoms with Gasteiger partial charge in [0.05, 0.1) is 10.5 Å². The third kappa shape index (κ3) is 3.56. The zero-order valence-corrected chi connectivity index (χ0v) is 16.5. The van der Waals surface area contributed by atoms with Gasteiger partial charge in [-0.1, -0.05) is 72.5 Å². The van der Waals surface area contributed by atoms with Gasteiger partial charge in [-0.3, -0.25) is 9.69 Å². The molecule has 138 valence electrons. The van der Waals surface area contributed by atoms with Crippen molar-refractivity contribution < 1.29 is 14.3 Å². The molecule has 1 heterocycles. The first-order valence-corrected chi connectivity index (χ1v) is 9.77. The first-order valence-electron chi connectivity index (χ1n) is 8.54. The number of hydrogen-bond donors (Lipinski definition) is 0. The minimum atomic E-state index is -0.406. The van der Waals surface area contributed by atoms with Gasteiger partial charge in [0.2, 0.25) is 0 Å². The van der Waals surface area contributed by atoms with E-state index in [1.165, 1.54) is 16.7 Å². The number of carbonyl (C=O) groups excluding carboxylic acids is 2. The topological polar surface area (TPSA) is 46.6 Å². The smallest absolute Gasteiger partial charge is 0.344 e. The highest BCUT2D eigenvalue weighted by Crippen LogP contribution is 2.31. The van der Waals surface area contributed by atoms with Crippen molar-refractivity contribution in [3.05, 3.63) is 82.8 Å². The van der Waals surface area contributed by atoms with E-state index in [-0.39, 0.29) is 5.91 Å². The fourth-order valence-electron chi connectivity index (χ4n) is 2.89. The maximum Gasteiger partial charge on any atom is 0.344 e. The summed E-state index contributed by atoms with van der Waals surface area (Å²) in [6.07, 6.45) is 1.78. The Morgan fingerprint density at radius 2 is 1.75 bits per heavy atom. The van der Waals surface area contributed by atoms with Crippen molar-refractivity contribution >= 4 is 57.0 Å². The van der Waals surface area contributed by atoms with Gasteiger partial charge >= 0.3 is 5.97 Å². The van der Waals surface area contributed by atoms with Crippen LogP contribution in [-0.4, -0.2) is 28.1 Å². The van der Waals surface area contributed by atoms with Crippen molar-refractivity contribution in [2.24, 2.45) is 0 Å². The van der Waals surface area contributed by atoms with Gasteiger partial charge in [0.1, 0.15) is 10.1 Å². The molecule has 0 N–H and O–H groups in total. The van der Waals surface area contributed by atoms with Crippen LogP contribution in [0.25, 0.3) is 16.8 Å². The third-order valence-electron chi connectivity index (χ3n) is 4.38. The summed E-state index contributed by atoms with van der Waals surface area (Å²) in [5.74, 6) is -0.0732. The predicted octanol–water partition coefficient (Wildman–Crippen LogP) is 4.89. The Labute approximate surface area is 171 Å². The van der Waals surface area contributed by atoms with Crippen LogP contribution in [0.15, 0.2) is 71.6 Å². The molecule has 1 aliphatic rings. The number of esters is 1. The van der Waals surface area contributed by atoms with Gasteiger partial charge in [-0.2, -0.15) is 0 Å². The summed E-state index contributed by atoms with van der Waals surface area (Å²) in [6, 6.07) is 20.3. The van der Waals surface area contributed by atoms with E-state index >= 15 is 0 Å². The van der Waals surface area contributed by atoms with Crippen LogP contribution < -0.4 is 4.74 Å². The summed E-state index contributed by atoms with van der Waals surface area (Å²) in [5.41, 5.74) is 1.35. The zero-order valence-electron chi connectivity index (χ0n) is 14.9. The number of thioether (sulfide) groups is 1. The lowest BCUT2D eigenvalue weighted by Gasteiger charge is -2.07. The molecule has 3 aromatic carbocycles. The SMILES string of the molecule is CN1C(=O)/C(=C/c2ccc(OC(=O)c3cccc4ccccc34)cc2)SC1=S. The number of amides is 1. The molecule has 0 atom stereocenters. The van der Waals surface area contributed by atoms with Crippen LogP contribution in [0.3, 0.4) is 0 Å². The van der Waals surface area contributed by atoms with Crippen molar-refractivity contribution in [3.63, 3.8) is 0 Å². The largest absolute Gasteiger partial charge is 0.423 e. The lowest BCUT2D eigenvalue weighted by Crippen LogP contribution is -2.22. The van der Waals surface area contributed by atoms with E-state index in [4.69, 9.17) is 17.0 Å². The highest BCUT2D eigenvalue weighted by molar-refractivity contribution is 8.26. The molecule has 1 saturated heterocycles. The summed E-state index contributed by atoms with van der Waals surface area (Å²) in [5, 5.41) is 1.84. The van der Waals surface area contributed by atoms with E-state index in [2.05, 4.69) is 0 Å². The van der Waals surface area contributed by atoms with Gasteiger partial charge in [0, 0.05) is 7.05 Å². The molecule has 3 aromatic rings. The van der Waals surface area contributed by atoms with Crippen molar-refractivity contribution in [2.45, 2.75) is 0 Å². The quantitative estimate of drug-likeness (QED) is 0.269. The Morgan fingerprint density at radius 1 is 1.04 bits per heavy atom. The fraction of sp³-hybridized carbons (Fsp3) is 0.0455. The summed E-state index contributed by atoms with van der Waals surface area (Å²) >= 11 is 6.40. The fourth-order valence-corrected chi connectivity index (χ4v) is 4.07. The highest BCUT2D eigenvalue weighted by Gasteiger charge is 2.28. The Balaban J connectivity index is 1.53. The van der Waals surface area contributed by atoms with E-state index in [1.807, 2.05) is 36.4 Å². The van der Waals surface area contributed by atoms with Crippen LogP contribution >= 0.6 is 24.0 Å². The molecule has 0 aliphatic carbocycles. The van der Waals surface area contributed by atoms with Crippen molar-refractivity contribution in [1.29, 1.82) is 0 Å². The number of fused-ring (bicyclic) bond motifs is 1. The van der Waals surface area contributed by atoms with E-state index in [1.54, 1.807) is 43.5 Å². The van der Waals surface area contributed by atoms with E-state index in [9.17, 15) is 9.59 Å². The lowest BCUT2D eigenvalue weighted by molar-refractivity contribution is -0.121. The van der Waals surface area contributed by atoms with Gasteiger partial charge in [-0.25, -0.2) is 4.79 Å². The first kappa shape index (κ1) is 18.4. The second kappa shape index (κ2) is 7.58. The normalized spacial score (nSPS) is 15.5. The number of benzene rings is 3. The summed E-state index contributed by atoms with van der Waals surface area (Å²) in [7, 11) is 1.66. The standard InChI is InChI=1S/C22H15NO3S2/c1-23-20(24)19(28-22(23)27)13-14-9-11-16(12-10-14)26-21(25)18-8-4-6-15-5-2-3-7-17(15)18/h2-13H,1H3/b19-13-. The average molecular weight is 406 g/mol. The molecule has 0 radical (unpaired) electrons. The summed E-state index contributed by atoms with van der Waals surface area (Å²) in [4.78, 5) is 26.7. The van der Waals surface area contributed by atoms with Gasteiger partial charge in [0.15, 0.2) is 0 Å². The minimum Gasteiger partial charge on any atom is -0.423 e. The monoisotopic (exact) mass is 405 g/mol. The molecule has 0 saturated carbocycles. The zero-order chi connectivity index (χ0) is 19.7. The molecular formula is C22H15NO3S2. The number of hydrogen-bond acceptors (Lipinski definition) is 5. The number of carbonyl (C=O) groups is 2. The van der Waals surface area contributed by atoms with Crippen LogP contribution in [0.5, 0.6) is 5.75 Å². The number of rotatable bonds is 3. The molecule has 6 heteroatoms. The van der Waals surface area contributed by atoms with Gasteiger partial charge in [0.25, 0.3) is 5.91 Å². The minimum absolute atomic E-state index is 0.110. The van der Waals surface area contributed by atoms with Gasteiger partial charge < -0.3 is 4.74 Å². The summed E-state index contributed by atoms with van der Waals surface area (Å²) in [6.45, 7) is 0. The van der Waals surface area contributed by atoms with E-state index in [0.717, 1.165) is 16.3 Å². The Bertz CT molecular complexity index is 1130. The van der Waals surface area contributed by atoms with Crippen molar-refractivity contribution in [1.82, 2.24) is 4.90 Å². The second-order valence-electron chi connectivity index (χ2n) is 6.23. The molecule has 1 amide bonds. The van der Waals surface area contributed by atoms with Crippen LogP contribution in [0.4, 0.5) is 0 Å². The Kier molecular flexibility index (Phi) is 4.98. The summed E-state index contributed by atoms with van der Waals surface area (Å²) < 4.78 is 6.07. The number of nitrogens with zero attached hydrogens (tertiary/aromatic N) is 1. The van der Waals surface area contributed by atoms with E-state index in [0.29, 0.717) is 20.5 Å². The second-order valence-corrected chi connectivity index (χ2v) is 7.90. The molecule has 4 rings (SSSR count). The van der Waals surface area contributed by atoms with Crippen LogP contribution in [-0.2, 0) is 4.79 Å². The number of likely N-dealkylation sites (N-methyl/N-ethyl adjacent to an activating group) is 1. The highest BCUT2D eigenvalue weighted by atomic mass is 32.2. The molecule has 0 aromatic heterocycles. The molecule has 28 heavy (non-hydrogen) atoms. The van der Waals surface area contributed by atoms with E-state index < -0.39 is 5.97 Å². The van der Waals surface area contributed by atoms with Crippen molar-refractivity contribution in [3.8, 4) is 5.75 Å². The number of thiocarbonyl (C=S) groups is 1. The molecule has 1 fully saturated rings. The Morgan fingerprint density at radius 3 is 2.46 bits per heavy atom. The van der Waals surface area contributed by atoms with Gasteiger partial charge in [-0.15, -0.1) is 0 Å². The maximum atomic E-state index is 12.6. The molecule has 0 bridgehead atoms. The van der Waals surface area contributed by atoms with Crippen LogP contribution in [0.2, 0.25) is 0 Å². The first-order chi connectivity index (χ1) is 13.5. The number of ether oxygens (including phenoxy) is 1. The van der Waals surface area contributed by atoms with Crippen LogP contribution in [0, 0.1) is 0 Å².